The predicted octanol–water partition coefficient (Wildman–Crippen LogP) is 1.51. The van der Waals surface area contributed by atoms with Crippen molar-refractivity contribution in [2.24, 2.45) is 5.92 Å². The van der Waals surface area contributed by atoms with Gasteiger partial charge >= 0.3 is 0 Å². The lowest BCUT2D eigenvalue weighted by Crippen LogP contribution is -2.47. The van der Waals surface area contributed by atoms with Gasteiger partial charge in [0.25, 0.3) is 0 Å². The summed E-state index contributed by atoms with van der Waals surface area (Å²) in [6, 6.07) is 3.56. The van der Waals surface area contributed by atoms with Crippen LogP contribution in [0.1, 0.15) is 31.1 Å². The second kappa shape index (κ2) is 7.01. The van der Waals surface area contributed by atoms with Crippen LogP contribution < -0.4 is 0 Å². The van der Waals surface area contributed by atoms with E-state index in [2.05, 4.69) is 0 Å². The molecule has 0 aromatic carbocycles. The van der Waals surface area contributed by atoms with Crippen molar-refractivity contribution in [2.45, 2.75) is 44.8 Å². The molecule has 1 aromatic heterocycles. The van der Waals surface area contributed by atoms with Crippen molar-refractivity contribution in [2.75, 3.05) is 19.6 Å². The maximum Gasteiger partial charge on any atom is 0.245 e. The number of aliphatic hydroxyl groups excluding tert-OH is 1. The van der Waals surface area contributed by atoms with Crippen LogP contribution >= 0.6 is 11.3 Å². The van der Waals surface area contributed by atoms with Crippen LogP contribution in [-0.2, 0) is 16.0 Å². The molecule has 0 spiro atoms. The molecule has 0 saturated carbocycles. The molecule has 0 radical (unpaired) electrons. The third kappa shape index (κ3) is 3.43. The molecular formula is C17H24N2O3S. The van der Waals surface area contributed by atoms with E-state index in [1.165, 1.54) is 0 Å². The van der Waals surface area contributed by atoms with Crippen LogP contribution in [0.3, 0.4) is 0 Å². The number of thiophene rings is 1. The zero-order valence-electron chi connectivity index (χ0n) is 13.5. The number of likely N-dealkylation sites (tertiary alicyclic amines) is 2. The Morgan fingerprint density at radius 2 is 2.22 bits per heavy atom. The van der Waals surface area contributed by atoms with Crippen LogP contribution in [0.2, 0.25) is 0 Å². The standard InChI is InChI=1S/C17H24N2O3S/c1-2-12-10-18(11-15(12)20)17(22)14-6-3-7-19(14)16(21)9-13-5-4-8-23-13/h4-5,8,12,14-15,20H,2-3,6-7,9-11H2,1H3/t12-,14+,15-/m1/s1. The first kappa shape index (κ1) is 16.5. The molecule has 3 atom stereocenters. The average Bonchev–Trinajstić information content (AvgIpc) is 3.26. The van der Waals surface area contributed by atoms with E-state index in [1.54, 1.807) is 21.1 Å². The lowest BCUT2D eigenvalue weighted by molar-refractivity contribution is -0.143. The lowest BCUT2D eigenvalue weighted by atomic mass is 10.0. The van der Waals surface area contributed by atoms with Crippen LogP contribution in [-0.4, -0.2) is 58.5 Å². The summed E-state index contributed by atoms with van der Waals surface area (Å²) >= 11 is 1.57. The number of β-amino-alcohol motifs (C(OH)–C–C–N with tert-alkyl or cyclic N) is 1. The molecular weight excluding hydrogens is 312 g/mol. The molecule has 2 saturated heterocycles. The van der Waals surface area contributed by atoms with Crippen molar-refractivity contribution < 1.29 is 14.7 Å². The Hall–Kier alpha value is -1.40. The summed E-state index contributed by atoms with van der Waals surface area (Å²) in [5.74, 6) is 0.211. The molecule has 0 bridgehead atoms. The SMILES string of the molecule is CC[C@@H]1CN(C(=O)[C@@H]2CCCN2C(=O)Cc2cccs2)C[C@H]1O. The molecule has 2 aliphatic rings. The smallest absolute Gasteiger partial charge is 0.245 e. The topological polar surface area (TPSA) is 60.9 Å². The minimum Gasteiger partial charge on any atom is -0.391 e. The summed E-state index contributed by atoms with van der Waals surface area (Å²) in [5, 5.41) is 12.0. The summed E-state index contributed by atoms with van der Waals surface area (Å²) in [4.78, 5) is 29.9. The highest BCUT2D eigenvalue weighted by atomic mass is 32.1. The monoisotopic (exact) mass is 336 g/mol. The van der Waals surface area contributed by atoms with Crippen LogP contribution in [0.4, 0.5) is 0 Å². The Bertz CT molecular complexity index is 560. The molecule has 6 heteroatoms. The zero-order valence-corrected chi connectivity index (χ0v) is 14.3. The highest BCUT2D eigenvalue weighted by Crippen LogP contribution is 2.26. The van der Waals surface area contributed by atoms with E-state index in [-0.39, 0.29) is 23.8 Å². The van der Waals surface area contributed by atoms with Crippen molar-refractivity contribution in [1.82, 2.24) is 9.80 Å². The van der Waals surface area contributed by atoms with E-state index in [4.69, 9.17) is 0 Å². The van der Waals surface area contributed by atoms with Gasteiger partial charge in [0.05, 0.1) is 12.5 Å². The van der Waals surface area contributed by atoms with Crippen LogP contribution in [0.15, 0.2) is 17.5 Å². The van der Waals surface area contributed by atoms with Crippen molar-refractivity contribution in [3.63, 3.8) is 0 Å². The molecule has 2 fully saturated rings. The fraction of sp³-hybridized carbons (Fsp3) is 0.647. The maximum atomic E-state index is 12.8. The van der Waals surface area contributed by atoms with Gasteiger partial charge in [0.1, 0.15) is 6.04 Å². The number of rotatable bonds is 4. The van der Waals surface area contributed by atoms with E-state index in [9.17, 15) is 14.7 Å². The Morgan fingerprint density at radius 3 is 2.87 bits per heavy atom. The van der Waals surface area contributed by atoms with E-state index < -0.39 is 6.10 Å². The van der Waals surface area contributed by atoms with E-state index in [0.717, 1.165) is 24.1 Å². The first-order valence-corrected chi connectivity index (χ1v) is 9.26. The third-order valence-corrected chi connectivity index (χ3v) is 5.88. The van der Waals surface area contributed by atoms with Gasteiger partial charge in [-0.3, -0.25) is 9.59 Å². The first-order chi connectivity index (χ1) is 11.1. The minimum atomic E-state index is -0.430. The van der Waals surface area contributed by atoms with Gasteiger partial charge in [-0.15, -0.1) is 11.3 Å². The van der Waals surface area contributed by atoms with Crippen molar-refractivity contribution in [3.05, 3.63) is 22.4 Å². The van der Waals surface area contributed by atoms with Gasteiger partial charge in [0, 0.05) is 30.4 Å². The molecule has 23 heavy (non-hydrogen) atoms. The minimum absolute atomic E-state index is 0.0111. The highest BCUT2D eigenvalue weighted by Gasteiger charge is 2.40. The molecule has 126 valence electrons. The molecule has 0 unspecified atom stereocenters. The zero-order chi connectivity index (χ0) is 16.4. The number of carbonyl (C=O) groups is 2. The molecule has 3 heterocycles. The van der Waals surface area contributed by atoms with Gasteiger partial charge < -0.3 is 14.9 Å². The number of hydrogen-bond acceptors (Lipinski definition) is 4. The molecule has 2 amide bonds. The molecule has 0 aliphatic carbocycles. The molecule has 5 nitrogen and oxygen atoms in total. The fourth-order valence-electron chi connectivity index (χ4n) is 3.63. The summed E-state index contributed by atoms with van der Waals surface area (Å²) < 4.78 is 0. The fourth-order valence-corrected chi connectivity index (χ4v) is 4.33. The quantitative estimate of drug-likeness (QED) is 0.907. The summed E-state index contributed by atoms with van der Waals surface area (Å²) in [7, 11) is 0. The largest absolute Gasteiger partial charge is 0.391 e. The molecule has 1 N–H and O–H groups in total. The van der Waals surface area contributed by atoms with Crippen molar-refractivity contribution in [1.29, 1.82) is 0 Å². The van der Waals surface area contributed by atoms with Crippen LogP contribution in [0, 0.1) is 5.92 Å². The molecule has 2 aliphatic heterocycles. The van der Waals surface area contributed by atoms with Gasteiger partial charge in [-0.2, -0.15) is 0 Å². The summed E-state index contributed by atoms with van der Waals surface area (Å²) in [5.41, 5.74) is 0. The number of aliphatic hydroxyl groups is 1. The Balaban J connectivity index is 1.64. The van der Waals surface area contributed by atoms with Crippen LogP contribution in [0.5, 0.6) is 0 Å². The van der Waals surface area contributed by atoms with E-state index in [1.807, 2.05) is 24.4 Å². The van der Waals surface area contributed by atoms with E-state index >= 15 is 0 Å². The Morgan fingerprint density at radius 1 is 1.39 bits per heavy atom. The Labute approximate surface area is 140 Å². The van der Waals surface area contributed by atoms with Crippen molar-refractivity contribution >= 4 is 23.2 Å². The molecule has 3 rings (SSSR count). The van der Waals surface area contributed by atoms with E-state index in [0.29, 0.717) is 26.1 Å². The van der Waals surface area contributed by atoms with Gasteiger partial charge in [-0.1, -0.05) is 13.0 Å². The van der Waals surface area contributed by atoms with Gasteiger partial charge in [-0.05, 0) is 30.7 Å². The van der Waals surface area contributed by atoms with Crippen molar-refractivity contribution in [3.8, 4) is 0 Å². The normalized spacial score (nSPS) is 27.7. The predicted molar refractivity (Wildman–Crippen MR) is 89.1 cm³/mol. The Kier molecular flexibility index (Phi) is 5.02. The average molecular weight is 336 g/mol. The number of nitrogens with zero attached hydrogens (tertiary/aromatic N) is 2. The number of carbonyl (C=O) groups excluding carboxylic acids is 2. The first-order valence-electron chi connectivity index (χ1n) is 8.38. The summed E-state index contributed by atoms with van der Waals surface area (Å²) in [6.07, 6.45) is 2.43. The third-order valence-electron chi connectivity index (χ3n) is 5.01. The summed E-state index contributed by atoms with van der Waals surface area (Å²) in [6.45, 7) is 3.71. The number of amides is 2. The van der Waals surface area contributed by atoms with Gasteiger partial charge in [0.2, 0.25) is 11.8 Å². The van der Waals surface area contributed by atoms with Crippen LogP contribution in [0.25, 0.3) is 0 Å². The second-order valence-electron chi connectivity index (χ2n) is 6.48. The highest BCUT2D eigenvalue weighted by molar-refractivity contribution is 7.10. The molecule has 1 aromatic rings. The second-order valence-corrected chi connectivity index (χ2v) is 7.51. The van der Waals surface area contributed by atoms with Gasteiger partial charge in [-0.25, -0.2) is 0 Å². The van der Waals surface area contributed by atoms with Gasteiger partial charge in [0.15, 0.2) is 0 Å². The lowest BCUT2D eigenvalue weighted by Gasteiger charge is -2.28. The number of hydrogen-bond donors (Lipinski definition) is 1. The maximum absolute atomic E-state index is 12.8.